The highest BCUT2D eigenvalue weighted by Gasteiger charge is 2.20. The predicted octanol–water partition coefficient (Wildman–Crippen LogP) is 2.45. The number of nitrogens with one attached hydrogen (secondary N) is 2. The van der Waals surface area contributed by atoms with Crippen LogP contribution < -0.4 is 10.6 Å². The minimum atomic E-state index is -0.0572. The molecule has 0 unspecified atom stereocenters. The Hall–Kier alpha value is -1.62. The van der Waals surface area contributed by atoms with Crippen molar-refractivity contribution < 1.29 is 9.53 Å². The SMILES string of the molecule is CCCNc1cnccc1C(=O)NCCCOCC1CC1. The fraction of sp³-hybridized carbons (Fsp3) is 0.625. The number of ether oxygens (including phenoxy) is 1. The summed E-state index contributed by atoms with van der Waals surface area (Å²) in [6.07, 6.45) is 7.82. The van der Waals surface area contributed by atoms with Crippen molar-refractivity contribution in [3.05, 3.63) is 24.0 Å². The van der Waals surface area contributed by atoms with Crippen LogP contribution in [0.4, 0.5) is 5.69 Å². The maximum atomic E-state index is 12.2. The lowest BCUT2D eigenvalue weighted by Crippen LogP contribution is -2.26. The third-order valence-electron chi connectivity index (χ3n) is 3.43. The first-order valence-corrected chi connectivity index (χ1v) is 7.85. The Kier molecular flexibility index (Phi) is 6.47. The van der Waals surface area contributed by atoms with E-state index in [2.05, 4.69) is 22.5 Å². The summed E-state index contributed by atoms with van der Waals surface area (Å²) < 4.78 is 5.55. The molecule has 0 spiro atoms. The minimum Gasteiger partial charge on any atom is -0.383 e. The van der Waals surface area contributed by atoms with E-state index in [1.54, 1.807) is 18.5 Å². The van der Waals surface area contributed by atoms with E-state index in [9.17, 15) is 4.79 Å². The summed E-state index contributed by atoms with van der Waals surface area (Å²) in [7, 11) is 0. The second kappa shape index (κ2) is 8.62. The van der Waals surface area contributed by atoms with Crippen LogP contribution in [0.15, 0.2) is 18.5 Å². The average Bonchev–Trinajstić information content (AvgIpc) is 3.33. The Balaban J connectivity index is 1.68. The van der Waals surface area contributed by atoms with Crippen LogP contribution in [0, 0.1) is 5.92 Å². The monoisotopic (exact) mass is 291 g/mol. The summed E-state index contributed by atoms with van der Waals surface area (Å²) in [5.41, 5.74) is 1.44. The topological polar surface area (TPSA) is 63.2 Å². The van der Waals surface area contributed by atoms with Crippen molar-refractivity contribution in [2.75, 3.05) is 31.6 Å². The zero-order valence-corrected chi connectivity index (χ0v) is 12.7. The molecule has 116 valence electrons. The number of aromatic nitrogens is 1. The summed E-state index contributed by atoms with van der Waals surface area (Å²) in [5, 5.41) is 6.16. The molecule has 2 N–H and O–H groups in total. The van der Waals surface area contributed by atoms with E-state index < -0.39 is 0 Å². The van der Waals surface area contributed by atoms with E-state index in [4.69, 9.17) is 4.74 Å². The summed E-state index contributed by atoms with van der Waals surface area (Å²) in [6, 6.07) is 1.75. The molecule has 0 aromatic carbocycles. The molecule has 1 aliphatic rings. The van der Waals surface area contributed by atoms with Gasteiger partial charge in [0, 0.05) is 32.5 Å². The Bertz CT molecular complexity index is 447. The van der Waals surface area contributed by atoms with Crippen LogP contribution >= 0.6 is 0 Å². The molecule has 1 fully saturated rings. The third-order valence-corrected chi connectivity index (χ3v) is 3.43. The van der Waals surface area contributed by atoms with Crippen molar-refractivity contribution >= 4 is 11.6 Å². The van der Waals surface area contributed by atoms with Crippen molar-refractivity contribution in [2.24, 2.45) is 5.92 Å². The zero-order valence-electron chi connectivity index (χ0n) is 12.7. The lowest BCUT2D eigenvalue weighted by atomic mass is 10.2. The highest BCUT2D eigenvalue weighted by molar-refractivity contribution is 5.99. The molecular formula is C16H25N3O2. The molecule has 1 heterocycles. The highest BCUT2D eigenvalue weighted by atomic mass is 16.5. The van der Waals surface area contributed by atoms with Crippen LogP contribution in [0.5, 0.6) is 0 Å². The molecule has 1 aliphatic carbocycles. The number of pyridine rings is 1. The fourth-order valence-electron chi connectivity index (χ4n) is 2.00. The molecule has 0 aliphatic heterocycles. The van der Waals surface area contributed by atoms with Crippen LogP contribution in [-0.2, 0) is 4.74 Å². The number of carbonyl (C=O) groups is 1. The standard InChI is InChI=1S/C16H25N3O2/c1-2-7-18-15-11-17-9-6-14(15)16(20)19-8-3-10-21-12-13-4-5-13/h6,9,11,13,18H,2-5,7-8,10,12H2,1H3,(H,19,20). The van der Waals surface area contributed by atoms with E-state index in [0.29, 0.717) is 18.7 Å². The van der Waals surface area contributed by atoms with Gasteiger partial charge in [0.25, 0.3) is 5.91 Å². The Morgan fingerprint density at radius 3 is 3.05 bits per heavy atom. The van der Waals surface area contributed by atoms with E-state index in [1.165, 1.54) is 12.8 Å². The van der Waals surface area contributed by atoms with Gasteiger partial charge in [-0.25, -0.2) is 0 Å². The molecular weight excluding hydrogens is 266 g/mol. The number of anilines is 1. The number of hydrogen-bond acceptors (Lipinski definition) is 4. The van der Waals surface area contributed by atoms with Crippen molar-refractivity contribution in [3.63, 3.8) is 0 Å². The van der Waals surface area contributed by atoms with Gasteiger partial charge in [0.15, 0.2) is 0 Å². The average molecular weight is 291 g/mol. The molecule has 1 saturated carbocycles. The molecule has 5 nitrogen and oxygen atoms in total. The first-order valence-electron chi connectivity index (χ1n) is 7.85. The second-order valence-electron chi connectivity index (χ2n) is 5.48. The number of carbonyl (C=O) groups excluding carboxylic acids is 1. The van der Waals surface area contributed by atoms with Crippen LogP contribution in [-0.4, -0.2) is 37.2 Å². The van der Waals surface area contributed by atoms with E-state index in [0.717, 1.165) is 37.6 Å². The van der Waals surface area contributed by atoms with Gasteiger partial charge in [0.05, 0.1) is 17.4 Å². The Morgan fingerprint density at radius 1 is 1.43 bits per heavy atom. The van der Waals surface area contributed by atoms with Gasteiger partial charge in [-0.3, -0.25) is 9.78 Å². The van der Waals surface area contributed by atoms with Gasteiger partial charge < -0.3 is 15.4 Å². The molecule has 0 bridgehead atoms. The molecule has 1 amide bonds. The third kappa shape index (κ3) is 5.71. The van der Waals surface area contributed by atoms with Crippen molar-refractivity contribution in [2.45, 2.75) is 32.6 Å². The van der Waals surface area contributed by atoms with Gasteiger partial charge in [-0.1, -0.05) is 6.92 Å². The molecule has 0 radical (unpaired) electrons. The first-order chi connectivity index (χ1) is 10.3. The van der Waals surface area contributed by atoms with Gasteiger partial charge in [-0.05, 0) is 37.7 Å². The lowest BCUT2D eigenvalue weighted by molar-refractivity contribution is 0.0938. The second-order valence-corrected chi connectivity index (χ2v) is 5.48. The minimum absolute atomic E-state index is 0.0572. The molecule has 0 saturated heterocycles. The number of hydrogen-bond donors (Lipinski definition) is 2. The van der Waals surface area contributed by atoms with Crippen LogP contribution in [0.2, 0.25) is 0 Å². The zero-order chi connectivity index (χ0) is 14.9. The number of nitrogens with zero attached hydrogens (tertiary/aromatic N) is 1. The maximum Gasteiger partial charge on any atom is 0.253 e. The largest absolute Gasteiger partial charge is 0.383 e. The molecule has 0 atom stereocenters. The van der Waals surface area contributed by atoms with Gasteiger partial charge in [-0.2, -0.15) is 0 Å². The van der Waals surface area contributed by atoms with E-state index >= 15 is 0 Å². The molecule has 2 rings (SSSR count). The van der Waals surface area contributed by atoms with Crippen molar-refractivity contribution in [1.82, 2.24) is 10.3 Å². The first kappa shape index (κ1) is 15.8. The Labute approximate surface area is 126 Å². The lowest BCUT2D eigenvalue weighted by Gasteiger charge is -2.11. The maximum absolute atomic E-state index is 12.2. The summed E-state index contributed by atoms with van der Waals surface area (Å²) in [5.74, 6) is 0.738. The number of rotatable bonds is 10. The van der Waals surface area contributed by atoms with Crippen LogP contribution in [0.3, 0.4) is 0 Å². The van der Waals surface area contributed by atoms with Gasteiger partial charge in [0.1, 0.15) is 0 Å². The van der Waals surface area contributed by atoms with E-state index in [1.807, 2.05) is 0 Å². The van der Waals surface area contributed by atoms with Gasteiger partial charge in [0.2, 0.25) is 0 Å². The smallest absolute Gasteiger partial charge is 0.253 e. The van der Waals surface area contributed by atoms with Crippen LogP contribution in [0.25, 0.3) is 0 Å². The number of amides is 1. The van der Waals surface area contributed by atoms with Crippen molar-refractivity contribution in [1.29, 1.82) is 0 Å². The fourth-order valence-corrected chi connectivity index (χ4v) is 2.00. The van der Waals surface area contributed by atoms with E-state index in [-0.39, 0.29) is 5.91 Å². The molecule has 1 aromatic heterocycles. The quantitative estimate of drug-likeness (QED) is 0.650. The van der Waals surface area contributed by atoms with Gasteiger partial charge in [-0.15, -0.1) is 0 Å². The normalized spacial score (nSPS) is 14.0. The summed E-state index contributed by atoms with van der Waals surface area (Å²) in [6.45, 7) is 5.15. The van der Waals surface area contributed by atoms with Crippen LogP contribution in [0.1, 0.15) is 43.0 Å². The highest BCUT2D eigenvalue weighted by Crippen LogP contribution is 2.28. The molecule has 5 heteroatoms. The summed E-state index contributed by atoms with van der Waals surface area (Å²) >= 11 is 0. The Morgan fingerprint density at radius 2 is 2.29 bits per heavy atom. The molecule has 21 heavy (non-hydrogen) atoms. The predicted molar refractivity (Wildman–Crippen MR) is 83.5 cm³/mol. The molecule has 1 aromatic rings. The van der Waals surface area contributed by atoms with Crippen molar-refractivity contribution in [3.8, 4) is 0 Å². The summed E-state index contributed by atoms with van der Waals surface area (Å²) in [4.78, 5) is 16.2. The van der Waals surface area contributed by atoms with Gasteiger partial charge >= 0.3 is 0 Å².